The molecule has 15 heavy (non-hydrogen) atoms. The van der Waals surface area contributed by atoms with E-state index in [1.54, 1.807) is 0 Å². The molecule has 1 aliphatic heterocycles. The lowest BCUT2D eigenvalue weighted by atomic mass is 10.0. The van der Waals surface area contributed by atoms with Crippen LogP contribution in [0.1, 0.15) is 39.5 Å². The Hall–Kier alpha value is -0.340. The molecular weight excluding hydrogens is 184 g/mol. The molecule has 0 aromatic rings. The van der Waals surface area contributed by atoms with Crippen molar-refractivity contribution in [1.29, 1.82) is 0 Å². The van der Waals surface area contributed by atoms with Gasteiger partial charge in [0.05, 0.1) is 0 Å². The molecule has 0 bridgehead atoms. The van der Waals surface area contributed by atoms with E-state index in [0.717, 1.165) is 12.5 Å². The highest BCUT2D eigenvalue weighted by Gasteiger charge is 2.19. The largest absolute Gasteiger partial charge is 0.317 e. The molecule has 1 N–H and O–H groups in total. The zero-order valence-corrected chi connectivity index (χ0v) is 10.4. The fourth-order valence-electron chi connectivity index (χ4n) is 2.27. The van der Waals surface area contributed by atoms with Gasteiger partial charge in [-0.05, 0) is 52.2 Å². The second-order valence-electron chi connectivity index (χ2n) is 4.72. The van der Waals surface area contributed by atoms with Crippen molar-refractivity contribution in [3.8, 4) is 0 Å². The smallest absolute Gasteiger partial charge is 0.0119 e. The lowest BCUT2D eigenvalue weighted by Gasteiger charge is -2.34. The molecule has 88 valence electrons. The highest BCUT2D eigenvalue weighted by Crippen LogP contribution is 2.13. The van der Waals surface area contributed by atoms with Gasteiger partial charge in [0.25, 0.3) is 0 Å². The predicted molar refractivity (Wildman–Crippen MR) is 67.2 cm³/mol. The standard InChI is InChI=1S/C13H26N2/c1-4-10-15(11-7-12(2)3)13-5-8-14-9-6-13/h13-14H,2,4-11H2,1,3H3. The first-order chi connectivity index (χ1) is 7.24. The van der Waals surface area contributed by atoms with Crippen molar-refractivity contribution in [3.05, 3.63) is 12.2 Å². The van der Waals surface area contributed by atoms with E-state index in [2.05, 4.69) is 30.6 Å². The number of hydrogen-bond donors (Lipinski definition) is 1. The van der Waals surface area contributed by atoms with Gasteiger partial charge in [0.1, 0.15) is 0 Å². The minimum Gasteiger partial charge on any atom is -0.317 e. The van der Waals surface area contributed by atoms with Crippen LogP contribution < -0.4 is 5.32 Å². The van der Waals surface area contributed by atoms with Crippen molar-refractivity contribution in [3.63, 3.8) is 0 Å². The first-order valence-corrected chi connectivity index (χ1v) is 6.33. The summed E-state index contributed by atoms with van der Waals surface area (Å²) in [5.74, 6) is 0. The molecule has 0 unspecified atom stereocenters. The van der Waals surface area contributed by atoms with Gasteiger partial charge in [0, 0.05) is 12.6 Å². The van der Waals surface area contributed by atoms with E-state index in [4.69, 9.17) is 0 Å². The summed E-state index contributed by atoms with van der Waals surface area (Å²) in [4.78, 5) is 2.66. The lowest BCUT2D eigenvalue weighted by Crippen LogP contribution is -2.43. The number of nitrogens with zero attached hydrogens (tertiary/aromatic N) is 1. The molecule has 0 aromatic heterocycles. The van der Waals surface area contributed by atoms with Crippen LogP contribution in [-0.2, 0) is 0 Å². The highest BCUT2D eigenvalue weighted by atomic mass is 15.2. The molecule has 0 amide bonds. The number of nitrogens with one attached hydrogen (secondary N) is 1. The molecule has 2 nitrogen and oxygen atoms in total. The maximum absolute atomic E-state index is 3.99. The van der Waals surface area contributed by atoms with E-state index >= 15 is 0 Å². The molecule has 1 heterocycles. The normalized spacial score (nSPS) is 18.3. The molecule has 0 spiro atoms. The van der Waals surface area contributed by atoms with E-state index in [-0.39, 0.29) is 0 Å². The first-order valence-electron chi connectivity index (χ1n) is 6.33. The summed E-state index contributed by atoms with van der Waals surface area (Å²) < 4.78 is 0. The molecule has 0 radical (unpaired) electrons. The summed E-state index contributed by atoms with van der Waals surface area (Å²) in [6, 6.07) is 0.811. The van der Waals surface area contributed by atoms with Crippen LogP contribution in [0.2, 0.25) is 0 Å². The van der Waals surface area contributed by atoms with E-state index in [0.29, 0.717) is 0 Å². The fraction of sp³-hybridized carbons (Fsp3) is 0.846. The monoisotopic (exact) mass is 210 g/mol. The molecule has 1 aliphatic rings. The molecule has 0 aromatic carbocycles. The zero-order valence-electron chi connectivity index (χ0n) is 10.4. The van der Waals surface area contributed by atoms with Gasteiger partial charge in [-0.25, -0.2) is 0 Å². The van der Waals surface area contributed by atoms with Crippen LogP contribution in [0.4, 0.5) is 0 Å². The summed E-state index contributed by atoms with van der Waals surface area (Å²) in [6.07, 6.45) is 5.05. The van der Waals surface area contributed by atoms with E-state index in [9.17, 15) is 0 Å². The lowest BCUT2D eigenvalue weighted by molar-refractivity contribution is 0.164. The average Bonchev–Trinajstić information content (AvgIpc) is 2.25. The van der Waals surface area contributed by atoms with E-state index in [1.165, 1.54) is 51.0 Å². The second kappa shape index (κ2) is 7.02. The Balaban J connectivity index is 2.36. The van der Waals surface area contributed by atoms with Gasteiger partial charge in [0.2, 0.25) is 0 Å². The van der Waals surface area contributed by atoms with Crippen LogP contribution in [0, 0.1) is 0 Å². The first kappa shape index (κ1) is 12.7. The van der Waals surface area contributed by atoms with Crippen LogP contribution in [0.25, 0.3) is 0 Å². The van der Waals surface area contributed by atoms with Crippen molar-refractivity contribution in [1.82, 2.24) is 10.2 Å². The van der Waals surface area contributed by atoms with Crippen LogP contribution >= 0.6 is 0 Å². The third-order valence-corrected chi connectivity index (χ3v) is 3.16. The van der Waals surface area contributed by atoms with Crippen LogP contribution in [0.15, 0.2) is 12.2 Å². The third kappa shape index (κ3) is 4.80. The van der Waals surface area contributed by atoms with Gasteiger partial charge < -0.3 is 5.32 Å². The summed E-state index contributed by atoms with van der Waals surface area (Å²) in [5, 5.41) is 3.43. The minimum absolute atomic E-state index is 0.811. The zero-order chi connectivity index (χ0) is 11.1. The highest BCUT2D eigenvalue weighted by molar-refractivity contribution is 4.90. The average molecular weight is 210 g/mol. The second-order valence-corrected chi connectivity index (χ2v) is 4.72. The van der Waals surface area contributed by atoms with Gasteiger partial charge >= 0.3 is 0 Å². The van der Waals surface area contributed by atoms with Gasteiger partial charge in [-0.1, -0.05) is 12.5 Å². The van der Waals surface area contributed by atoms with Crippen molar-refractivity contribution >= 4 is 0 Å². The Kier molecular flexibility index (Phi) is 5.96. The molecule has 0 aliphatic carbocycles. The van der Waals surface area contributed by atoms with Crippen LogP contribution in [0.3, 0.4) is 0 Å². The fourth-order valence-corrected chi connectivity index (χ4v) is 2.27. The number of rotatable bonds is 6. The Morgan fingerprint density at radius 3 is 2.53 bits per heavy atom. The minimum atomic E-state index is 0.811. The summed E-state index contributed by atoms with van der Waals surface area (Å²) in [6.45, 7) is 13.2. The Morgan fingerprint density at radius 1 is 1.33 bits per heavy atom. The molecule has 1 fully saturated rings. The molecule has 1 rings (SSSR count). The summed E-state index contributed by atoms with van der Waals surface area (Å²) in [5.41, 5.74) is 1.31. The Morgan fingerprint density at radius 2 is 2.00 bits per heavy atom. The van der Waals surface area contributed by atoms with Crippen LogP contribution in [-0.4, -0.2) is 37.1 Å². The van der Waals surface area contributed by atoms with E-state index in [1.807, 2.05) is 0 Å². The predicted octanol–water partition coefficient (Wildman–Crippen LogP) is 2.42. The Labute approximate surface area is 94.7 Å². The molecular formula is C13H26N2. The molecule has 0 saturated carbocycles. The maximum Gasteiger partial charge on any atom is 0.0119 e. The van der Waals surface area contributed by atoms with E-state index < -0.39 is 0 Å². The molecule has 1 saturated heterocycles. The van der Waals surface area contributed by atoms with Gasteiger partial charge in [-0.3, -0.25) is 4.90 Å². The maximum atomic E-state index is 3.99. The summed E-state index contributed by atoms with van der Waals surface area (Å²) in [7, 11) is 0. The number of piperidine rings is 1. The third-order valence-electron chi connectivity index (χ3n) is 3.16. The SMILES string of the molecule is C=C(C)CCN(CCC)C1CCNCC1. The quantitative estimate of drug-likeness (QED) is 0.677. The Bertz CT molecular complexity index is 183. The van der Waals surface area contributed by atoms with Crippen molar-refractivity contribution in [2.24, 2.45) is 0 Å². The van der Waals surface area contributed by atoms with Crippen molar-refractivity contribution in [2.45, 2.75) is 45.6 Å². The van der Waals surface area contributed by atoms with Crippen molar-refractivity contribution in [2.75, 3.05) is 26.2 Å². The number of hydrogen-bond acceptors (Lipinski definition) is 2. The van der Waals surface area contributed by atoms with Crippen LogP contribution in [0.5, 0.6) is 0 Å². The summed E-state index contributed by atoms with van der Waals surface area (Å²) >= 11 is 0. The molecule has 0 atom stereocenters. The van der Waals surface area contributed by atoms with Gasteiger partial charge in [-0.2, -0.15) is 0 Å². The topological polar surface area (TPSA) is 15.3 Å². The van der Waals surface area contributed by atoms with Gasteiger partial charge in [-0.15, -0.1) is 6.58 Å². The van der Waals surface area contributed by atoms with Gasteiger partial charge in [0.15, 0.2) is 0 Å². The van der Waals surface area contributed by atoms with Crippen molar-refractivity contribution < 1.29 is 0 Å². The molecule has 2 heteroatoms.